The van der Waals surface area contributed by atoms with E-state index < -0.39 is 0 Å². The largest absolute Gasteiger partial charge is 0.0990 e. The summed E-state index contributed by atoms with van der Waals surface area (Å²) in [6, 6.07) is 10.6. The van der Waals surface area contributed by atoms with E-state index in [0.29, 0.717) is 0 Å². The monoisotopic (exact) mass is 216 g/mol. The Kier molecular flexibility index (Phi) is 5.07. The minimum absolute atomic E-state index is 0.248. The van der Waals surface area contributed by atoms with Crippen LogP contribution in [0.2, 0.25) is 0 Å². The molecular formula is C14H17P. The van der Waals surface area contributed by atoms with E-state index in [-0.39, 0.29) is 7.92 Å². The molecule has 0 aliphatic heterocycles. The van der Waals surface area contributed by atoms with Crippen molar-refractivity contribution < 1.29 is 0 Å². The zero-order valence-corrected chi connectivity index (χ0v) is 10.2. The minimum atomic E-state index is -0.248. The highest BCUT2D eigenvalue weighted by molar-refractivity contribution is 7.69. The van der Waals surface area contributed by atoms with Gasteiger partial charge in [-0.2, -0.15) is 0 Å². The van der Waals surface area contributed by atoms with Gasteiger partial charge < -0.3 is 0 Å². The number of benzene rings is 1. The predicted molar refractivity (Wildman–Crippen MR) is 72.0 cm³/mol. The van der Waals surface area contributed by atoms with Gasteiger partial charge in [-0.3, -0.25) is 0 Å². The van der Waals surface area contributed by atoms with Gasteiger partial charge >= 0.3 is 0 Å². The molecule has 1 aromatic carbocycles. The molecule has 0 fully saturated rings. The van der Waals surface area contributed by atoms with Crippen LogP contribution < -0.4 is 5.30 Å². The second-order valence-corrected chi connectivity index (χ2v) is 5.37. The third-order valence-electron chi connectivity index (χ3n) is 2.16. The molecule has 0 amide bonds. The summed E-state index contributed by atoms with van der Waals surface area (Å²) in [6.07, 6.45) is 8.20. The van der Waals surface area contributed by atoms with Crippen LogP contribution >= 0.6 is 7.92 Å². The molecule has 0 aromatic heterocycles. The van der Waals surface area contributed by atoms with Crippen LogP contribution in [0.1, 0.15) is 6.92 Å². The second-order valence-electron chi connectivity index (χ2n) is 3.22. The Hall–Kier alpha value is -1.13. The first-order valence-corrected chi connectivity index (χ1v) is 6.82. The van der Waals surface area contributed by atoms with Crippen molar-refractivity contribution >= 4 is 13.2 Å². The lowest BCUT2D eigenvalue weighted by atomic mass is 10.4. The van der Waals surface area contributed by atoms with Crippen molar-refractivity contribution in [3.05, 3.63) is 66.5 Å². The van der Waals surface area contributed by atoms with E-state index in [2.05, 4.69) is 61.8 Å². The molecule has 0 bridgehead atoms. The Labute approximate surface area is 93.8 Å². The smallest absolute Gasteiger partial charge is 0.0198 e. The van der Waals surface area contributed by atoms with Crippen molar-refractivity contribution in [3.8, 4) is 0 Å². The lowest BCUT2D eigenvalue weighted by Crippen LogP contribution is -1.99. The summed E-state index contributed by atoms with van der Waals surface area (Å²) in [7, 11) is -0.248. The summed E-state index contributed by atoms with van der Waals surface area (Å²) < 4.78 is 0. The van der Waals surface area contributed by atoms with E-state index in [0.717, 1.165) is 0 Å². The van der Waals surface area contributed by atoms with Crippen LogP contribution in [0.5, 0.6) is 0 Å². The van der Waals surface area contributed by atoms with Crippen molar-refractivity contribution in [3.63, 3.8) is 0 Å². The Bertz CT molecular complexity index is 360. The van der Waals surface area contributed by atoms with Crippen LogP contribution in [0, 0.1) is 0 Å². The highest BCUT2D eigenvalue weighted by Gasteiger charge is 2.06. The van der Waals surface area contributed by atoms with Gasteiger partial charge in [-0.05, 0) is 32.1 Å². The van der Waals surface area contributed by atoms with Crippen molar-refractivity contribution in [2.24, 2.45) is 0 Å². The summed E-state index contributed by atoms with van der Waals surface area (Å²) in [5.41, 5.74) is 0. The van der Waals surface area contributed by atoms with Crippen molar-refractivity contribution in [2.45, 2.75) is 6.92 Å². The van der Waals surface area contributed by atoms with Gasteiger partial charge in [-0.1, -0.05) is 61.2 Å². The lowest BCUT2D eigenvalue weighted by Gasteiger charge is -2.13. The molecule has 0 nitrogen and oxygen atoms in total. The Morgan fingerprint density at radius 2 is 1.93 bits per heavy atom. The van der Waals surface area contributed by atoms with E-state index >= 15 is 0 Å². The zero-order valence-electron chi connectivity index (χ0n) is 9.35. The predicted octanol–water partition coefficient (Wildman–Crippen LogP) is 4.07. The standard InChI is InChI=1S/C14H17P/c1-4-9-13(10-5-2)15(3)14-11-7-6-8-12-14/h4-12H,1H2,2-3H3/b10-5-,13-9+/t15-/m1/s1. The summed E-state index contributed by atoms with van der Waals surface area (Å²) in [4.78, 5) is 0. The van der Waals surface area contributed by atoms with Gasteiger partial charge in [0.1, 0.15) is 0 Å². The molecule has 1 aromatic rings. The molecule has 0 saturated carbocycles. The summed E-state index contributed by atoms with van der Waals surface area (Å²) in [5.74, 6) is 0. The number of allylic oxidation sites excluding steroid dienone is 5. The molecule has 1 rings (SSSR count). The maximum absolute atomic E-state index is 3.76. The van der Waals surface area contributed by atoms with Crippen LogP contribution in [0.3, 0.4) is 0 Å². The Morgan fingerprint density at radius 1 is 1.27 bits per heavy atom. The van der Waals surface area contributed by atoms with Crippen LogP contribution in [-0.4, -0.2) is 6.66 Å². The summed E-state index contributed by atoms with van der Waals surface area (Å²) in [5, 5.41) is 2.76. The quantitative estimate of drug-likeness (QED) is 0.525. The molecule has 0 aliphatic rings. The van der Waals surface area contributed by atoms with Crippen molar-refractivity contribution in [1.29, 1.82) is 0 Å². The fourth-order valence-corrected chi connectivity index (χ4v) is 2.99. The Balaban J connectivity index is 2.96. The molecule has 1 atom stereocenters. The van der Waals surface area contributed by atoms with Gasteiger partial charge in [0.25, 0.3) is 0 Å². The van der Waals surface area contributed by atoms with Crippen LogP contribution in [0.15, 0.2) is 66.5 Å². The lowest BCUT2D eigenvalue weighted by molar-refractivity contribution is 1.70. The molecule has 1 heteroatoms. The third-order valence-corrected chi connectivity index (χ3v) is 4.30. The summed E-state index contributed by atoms with van der Waals surface area (Å²) in [6.45, 7) is 8.08. The SMILES string of the molecule is C=C/C=C(\C=C/C)[P@@](C)c1ccccc1. The average molecular weight is 216 g/mol. The topological polar surface area (TPSA) is 0 Å². The molecule has 15 heavy (non-hydrogen) atoms. The van der Waals surface area contributed by atoms with Gasteiger partial charge in [0, 0.05) is 0 Å². The van der Waals surface area contributed by atoms with E-state index in [1.807, 2.05) is 13.0 Å². The normalized spacial score (nSPS) is 14.1. The number of hydrogen-bond acceptors (Lipinski definition) is 0. The van der Waals surface area contributed by atoms with Gasteiger partial charge in [0.15, 0.2) is 0 Å². The minimum Gasteiger partial charge on any atom is -0.0990 e. The molecule has 0 radical (unpaired) electrons. The molecular weight excluding hydrogens is 199 g/mol. The van der Waals surface area contributed by atoms with E-state index in [9.17, 15) is 0 Å². The summed E-state index contributed by atoms with van der Waals surface area (Å²) >= 11 is 0. The highest BCUT2D eigenvalue weighted by Crippen LogP contribution is 2.40. The molecule has 0 saturated heterocycles. The van der Waals surface area contributed by atoms with Gasteiger partial charge in [-0.15, -0.1) is 0 Å². The van der Waals surface area contributed by atoms with Crippen LogP contribution in [0.25, 0.3) is 0 Å². The first kappa shape index (κ1) is 11.9. The van der Waals surface area contributed by atoms with E-state index in [4.69, 9.17) is 0 Å². The Morgan fingerprint density at radius 3 is 2.47 bits per heavy atom. The molecule has 0 N–H and O–H groups in total. The first-order valence-electron chi connectivity index (χ1n) is 5.03. The van der Waals surface area contributed by atoms with Crippen LogP contribution in [-0.2, 0) is 0 Å². The van der Waals surface area contributed by atoms with E-state index in [1.54, 1.807) is 0 Å². The number of rotatable bonds is 4. The molecule has 0 aliphatic carbocycles. The van der Waals surface area contributed by atoms with Crippen LogP contribution in [0.4, 0.5) is 0 Å². The molecule has 0 heterocycles. The highest BCUT2D eigenvalue weighted by atomic mass is 31.1. The van der Waals surface area contributed by atoms with Crippen molar-refractivity contribution in [2.75, 3.05) is 6.66 Å². The zero-order chi connectivity index (χ0) is 11.1. The molecule has 78 valence electrons. The maximum atomic E-state index is 3.76. The van der Waals surface area contributed by atoms with Gasteiger partial charge in [-0.25, -0.2) is 0 Å². The van der Waals surface area contributed by atoms with Gasteiger partial charge in [0.2, 0.25) is 0 Å². The first-order chi connectivity index (χ1) is 7.29. The maximum Gasteiger partial charge on any atom is -0.0198 e. The van der Waals surface area contributed by atoms with E-state index in [1.165, 1.54) is 10.6 Å². The fourth-order valence-electron chi connectivity index (χ4n) is 1.37. The third kappa shape index (κ3) is 3.49. The van der Waals surface area contributed by atoms with Crippen molar-refractivity contribution in [1.82, 2.24) is 0 Å². The van der Waals surface area contributed by atoms with Gasteiger partial charge in [0.05, 0.1) is 0 Å². The molecule has 0 spiro atoms. The molecule has 0 unspecified atom stereocenters. The fraction of sp³-hybridized carbons (Fsp3) is 0.143. The average Bonchev–Trinajstić information content (AvgIpc) is 2.29. The number of hydrogen-bond donors (Lipinski definition) is 0. The second kappa shape index (κ2) is 6.37.